The van der Waals surface area contributed by atoms with Crippen LogP contribution in [0.1, 0.15) is 40.0 Å². The van der Waals surface area contributed by atoms with Gasteiger partial charge in [-0.1, -0.05) is 13.8 Å². The number of ketones is 1. The highest BCUT2D eigenvalue weighted by Gasteiger charge is 2.30. The molecular weight excluding hydrogens is 164 g/mol. The molecule has 0 aromatic heterocycles. The fourth-order valence-corrected chi connectivity index (χ4v) is 2.15. The zero-order chi connectivity index (χ0) is 10.0. The van der Waals surface area contributed by atoms with E-state index in [-0.39, 0.29) is 11.7 Å². The van der Waals surface area contributed by atoms with Crippen molar-refractivity contribution in [1.82, 2.24) is 0 Å². The number of aliphatic hydroxyl groups is 1. The lowest BCUT2D eigenvalue weighted by molar-refractivity contribution is -0.132. The highest BCUT2D eigenvalue weighted by atomic mass is 16.3. The van der Waals surface area contributed by atoms with Gasteiger partial charge in [-0.25, -0.2) is 0 Å². The van der Waals surface area contributed by atoms with E-state index in [0.29, 0.717) is 5.92 Å². The molecule has 4 atom stereocenters. The van der Waals surface area contributed by atoms with Gasteiger partial charge < -0.3 is 5.11 Å². The summed E-state index contributed by atoms with van der Waals surface area (Å²) in [7, 11) is 0. The van der Waals surface area contributed by atoms with Crippen LogP contribution in [-0.4, -0.2) is 17.0 Å². The van der Waals surface area contributed by atoms with Gasteiger partial charge in [0.1, 0.15) is 6.10 Å². The molecule has 1 aliphatic rings. The molecule has 13 heavy (non-hydrogen) atoms. The van der Waals surface area contributed by atoms with E-state index >= 15 is 0 Å². The predicted molar refractivity (Wildman–Crippen MR) is 52.4 cm³/mol. The van der Waals surface area contributed by atoms with Gasteiger partial charge in [-0.15, -0.1) is 0 Å². The molecule has 0 amide bonds. The highest BCUT2D eigenvalue weighted by molar-refractivity contribution is 5.84. The van der Waals surface area contributed by atoms with Crippen LogP contribution in [0.3, 0.4) is 0 Å². The summed E-state index contributed by atoms with van der Waals surface area (Å²) in [6.45, 7) is 6.02. The SMILES string of the molecule is CC(O)C(=O)C1CCC(C)C(C)C1. The number of rotatable bonds is 2. The second-order valence-electron chi connectivity index (χ2n) is 4.54. The summed E-state index contributed by atoms with van der Waals surface area (Å²) >= 11 is 0. The van der Waals surface area contributed by atoms with E-state index in [1.54, 1.807) is 6.92 Å². The Morgan fingerprint density at radius 2 is 1.92 bits per heavy atom. The largest absolute Gasteiger partial charge is 0.386 e. The zero-order valence-electron chi connectivity index (χ0n) is 8.79. The summed E-state index contributed by atoms with van der Waals surface area (Å²) in [5.41, 5.74) is 0. The molecule has 4 unspecified atom stereocenters. The Morgan fingerprint density at radius 1 is 1.31 bits per heavy atom. The van der Waals surface area contributed by atoms with Crippen molar-refractivity contribution in [2.24, 2.45) is 17.8 Å². The second kappa shape index (κ2) is 4.23. The van der Waals surface area contributed by atoms with Crippen LogP contribution in [0.5, 0.6) is 0 Å². The normalized spacial score (nSPS) is 37.1. The van der Waals surface area contributed by atoms with Crippen molar-refractivity contribution >= 4 is 5.78 Å². The molecule has 0 bridgehead atoms. The zero-order valence-corrected chi connectivity index (χ0v) is 8.79. The highest BCUT2D eigenvalue weighted by Crippen LogP contribution is 2.34. The van der Waals surface area contributed by atoms with E-state index < -0.39 is 6.10 Å². The number of hydrogen-bond acceptors (Lipinski definition) is 2. The van der Waals surface area contributed by atoms with Gasteiger partial charge >= 0.3 is 0 Å². The number of carbonyl (C=O) groups excluding carboxylic acids is 1. The van der Waals surface area contributed by atoms with Crippen LogP contribution >= 0.6 is 0 Å². The maximum Gasteiger partial charge on any atom is 0.164 e. The van der Waals surface area contributed by atoms with Crippen molar-refractivity contribution in [3.63, 3.8) is 0 Å². The average Bonchev–Trinajstić information content (AvgIpc) is 2.08. The Balaban J connectivity index is 2.50. The fourth-order valence-electron chi connectivity index (χ4n) is 2.15. The number of aliphatic hydroxyl groups excluding tert-OH is 1. The molecule has 0 radical (unpaired) electrons. The van der Waals surface area contributed by atoms with Crippen LogP contribution < -0.4 is 0 Å². The third kappa shape index (κ3) is 2.53. The maximum atomic E-state index is 11.5. The molecule has 1 N–H and O–H groups in total. The van der Waals surface area contributed by atoms with E-state index in [1.165, 1.54) is 0 Å². The number of hydrogen-bond donors (Lipinski definition) is 1. The van der Waals surface area contributed by atoms with E-state index in [0.717, 1.165) is 25.2 Å². The minimum atomic E-state index is -0.773. The lowest BCUT2D eigenvalue weighted by Crippen LogP contribution is -2.31. The summed E-state index contributed by atoms with van der Waals surface area (Å²) in [6.07, 6.45) is 2.29. The lowest BCUT2D eigenvalue weighted by Gasteiger charge is -2.31. The van der Waals surface area contributed by atoms with E-state index in [2.05, 4.69) is 13.8 Å². The first-order valence-corrected chi connectivity index (χ1v) is 5.24. The van der Waals surface area contributed by atoms with Crippen LogP contribution in [0, 0.1) is 17.8 Å². The van der Waals surface area contributed by atoms with Crippen LogP contribution in [0.15, 0.2) is 0 Å². The van der Waals surface area contributed by atoms with Gasteiger partial charge in [0, 0.05) is 5.92 Å². The van der Waals surface area contributed by atoms with E-state index in [1.807, 2.05) is 0 Å². The number of Topliss-reactive ketones (excluding diaryl/α,β-unsaturated/α-hetero) is 1. The van der Waals surface area contributed by atoms with Crippen molar-refractivity contribution in [2.75, 3.05) is 0 Å². The Hall–Kier alpha value is -0.370. The van der Waals surface area contributed by atoms with Crippen molar-refractivity contribution in [1.29, 1.82) is 0 Å². The molecule has 1 aliphatic carbocycles. The Bertz CT molecular complexity index is 187. The Labute approximate surface area is 80.3 Å². The molecule has 0 heterocycles. The summed E-state index contributed by atoms with van der Waals surface area (Å²) in [4.78, 5) is 11.5. The molecule has 2 heteroatoms. The van der Waals surface area contributed by atoms with Crippen molar-refractivity contribution in [2.45, 2.75) is 46.1 Å². The monoisotopic (exact) mass is 184 g/mol. The molecule has 76 valence electrons. The molecule has 0 spiro atoms. The van der Waals surface area contributed by atoms with Gasteiger partial charge in [0.25, 0.3) is 0 Å². The molecular formula is C11H20O2. The first-order valence-electron chi connectivity index (χ1n) is 5.24. The minimum Gasteiger partial charge on any atom is -0.386 e. The van der Waals surface area contributed by atoms with Crippen LogP contribution in [-0.2, 0) is 4.79 Å². The van der Waals surface area contributed by atoms with Crippen molar-refractivity contribution in [3.8, 4) is 0 Å². The van der Waals surface area contributed by atoms with Crippen molar-refractivity contribution in [3.05, 3.63) is 0 Å². The predicted octanol–water partition coefficient (Wildman–Crippen LogP) is 2.01. The van der Waals surface area contributed by atoms with Gasteiger partial charge in [0.05, 0.1) is 0 Å². The van der Waals surface area contributed by atoms with Gasteiger partial charge in [0.15, 0.2) is 5.78 Å². The Morgan fingerprint density at radius 3 is 2.38 bits per heavy atom. The molecule has 1 saturated carbocycles. The van der Waals surface area contributed by atoms with E-state index in [4.69, 9.17) is 0 Å². The maximum absolute atomic E-state index is 11.5. The molecule has 1 fully saturated rings. The standard InChI is InChI=1S/C11H20O2/c1-7-4-5-10(6-8(7)2)11(13)9(3)12/h7-10,12H,4-6H2,1-3H3. The van der Waals surface area contributed by atoms with Crippen LogP contribution in [0.25, 0.3) is 0 Å². The lowest BCUT2D eigenvalue weighted by atomic mass is 9.74. The molecule has 0 aliphatic heterocycles. The van der Waals surface area contributed by atoms with E-state index in [9.17, 15) is 9.90 Å². The van der Waals surface area contributed by atoms with Gasteiger partial charge in [-0.3, -0.25) is 4.79 Å². The topological polar surface area (TPSA) is 37.3 Å². The summed E-state index contributed by atoms with van der Waals surface area (Å²) in [6, 6.07) is 0. The first kappa shape index (κ1) is 10.7. The quantitative estimate of drug-likeness (QED) is 0.712. The summed E-state index contributed by atoms with van der Waals surface area (Å²) in [5, 5.41) is 9.18. The molecule has 0 saturated heterocycles. The molecule has 0 aromatic carbocycles. The minimum absolute atomic E-state index is 0.0405. The average molecular weight is 184 g/mol. The second-order valence-corrected chi connectivity index (χ2v) is 4.54. The number of carbonyl (C=O) groups is 1. The Kier molecular flexibility index (Phi) is 3.48. The van der Waals surface area contributed by atoms with Gasteiger partial charge in [-0.05, 0) is 38.0 Å². The molecule has 1 rings (SSSR count). The fraction of sp³-hybridized carbons (Fsp3) is 0.909. The van der Waals surface area contributed by atoms with Gasteiger partial charge in [-0.2, -0.15) is 0 Å². The smallest absolute Gasteiger partial charge is 0.164 e. The van der Waals surface area contributed by atoms with Gasteiger partial charge in [0.2, 0.25) is 0 Å². The summed E-state index contributed by atoms with van der Waals surface area (Å²) < 4.78 is 0. The third-order valence-electron chi connectivity index (χ3n) is 3.41. The summed E-state index contributed by atoms with van der Waals surface area (Å²) in [5.74, 6) is 1.52. The first-order chi connectivity index (χ1) is 6.02. The third-order valence-corrected chi connectivity index (χ3v) is 3.41. The van der Waals surface area contributed by atoms with Crippen molar-refractivity contribution < 1.29 is 9.90 Å². The molecule has 2 nitrogen and oxygen atoms in total. The van der Waals surface area contributed by atoms with Crippen LogP contribution in [0.4, 0.5) is 0 Å². The molecule has 0 aromatic rings. The van der Waals surface area contributed by atoms with Crippen LogP contribution in [0.2, 0.25) is 0 Å².